The van der Waals surface area contributed by atoms with Gasteiger partial charge in [0, 0.05) is 13.6 Å². The average Bonchev–Trinajstić information content (AvgIpc) is 2.33. The van der Waals surface area contributed by atoms with Gasteiger partial charge in [0.25, 0.3) is 0 Å². The fourth-order valence-corrected chi connectivity index (χ4v) is 2.12. The first-order valence-corrected chi connectivity index (χ1v) is 5.97. The number of nitrogens with one attached hydrogen (secondary N) is 2. The molecule has 1 fully saturated rings. The van der Waals surface area contributed by atoms with Gasteiger partial charge >= 0.3 is 5.69 Å². The molecule has 1 aromatic heterocycles. The second kappa shape index (κ2) is 4.75. The van der Waals surface area contributed by atoms with E-state index in [-0.39, 0.29) is 22.7 Å². The van der Waals surface area contributed by atoms with E-state index in [1.165, 1.54) is 12.7 Å². The van der Waals surface area contributed by atoms with Crippen LogP contribution in [0.15, 0.2) is 6.33 Å². The minimum absolute atomic E-state index is 0.0945. The zero-order valence-electron chi connectivity index (χ0n) is 10.6. The number of rotatable bonds is 5. The minimum Gasteiger partial charge on any atom is -0.367 e. The molecule has 0 unspecified atom stereocenters. The number of hydrogen-bond donors (Lipinski definition) is 2. The summed E-state index contributed by atoms with van der Waals surface area (Å²) in [6.07, 6.45) is 4.85. The highest BCUT2D eigenvalue weighted by Gasteiger charge is 2.32. The van der Waals surface area contributed by atoms with E-state index < -0.39 is 4.92 Å². The number of anilines is 2. The van der Waals surface area contributed by atoms with Crippen molar-refractivity contribution in [3.63, 3.8) is 0 Å². The number of nitrogens with zero attached hydrogens (tertiary/aromatic N) is 3. The zero-order chi connectivity index (χ0) is 13.2. The van der Waals surface area contributed by atoms with Crippen LogP contribution in [-0.4, -0.2) is 28.5 Å². The molecule has 2 N–H and O–H groups in total. The Kier molecular flexibility index (Phi) is 3.31. The molecule has 0 atom stereocenters. The van der Waals surface area contributed by atoms with Crippen LogP contribution in [0.1, 0.15) is 26.2 Å². The SMILES string of the molecule is CNc1ncnc(NCC2(C)CCC2)c1[N+](=O)[O-]. The summed E-state index contributed by atoms with van der Waals surface area (Å²) in [6.45, 7) is 2.88. The van der Waals surface area contributed by atoms with Crippen molar-refractivity contribution in [2.75, 3.05) is 24.2 Å². The van der Waals surface area contributed by atoms with Gasteiger partial charge in [0.2, 0.25) is 11.6 Å². The molecule has 0 spiro atoms. The molecule has 7 nitrogen and oxygen atoms in total. The third-order valence-electron chi connectivity index (χ3n) is 3.48. The van der Waals surface area contributed by atoms with Gasteiger partial charge in [-0.2, -0.15) is 0 Å². The van der Waals surface area contributed by atoms with Crippen molar-refractivity contribution in [1.29, 1.82) is 0 Å². The van der Waals surface area contributed by atoms with Crippen LogP contribution in [0, 0.1) is 15.5 Å². The number of nitro groups is 1. The molecule has 1 aliphatic rings. The maximum Gasteiger partial charge on any atom is 0.353 e. The maximum absolute atomic E-state index is 11.1. The van der Waals surface area contributed by atoms with Gasteiger partial charge in [-0.05, 0) is 18.3 Å². The third-order valence-corrected chi connectivity index (χ3v) is 3.48. The van der Waals surface area contributed by atoms with Crippen LogP contribution in [0.4, 0.5) is 17.3 Å². The molecule has 1 saturated carbocycles. The second-order valence-corrected chi connectivity index (χ2v) is 4.94. The molecule has 7 heteroatoms. The zero-order valence-corrected chi connectivity index (χ0v) is 10.6. The van der Waals surface area contributed by atoms with Crippen LogP contribution in [0.5, 0.6) is 0 Å². The highest BCUT2D eigenvalue weighted by Crippen LogP contribution is 2.40. The lowest BCUT2D eigenvalue weighted by molar-refractivity contribution is -0.383. The van der Waals surface area contributed by atoms with Crippen molar-refractivity contribution >= 4 is 17.3 Å². The summed E-state index contributed by atoms with van der Waals surface area (Å²) in [7, 11) is 1.60. The predicted molar refractivity (Wildman–Crippen MR) is 68.7 cm³/mol. The highest BCUT2D eigenvalue weighted by atomic mass is 16.6. The van der Waals surface area contributed by atoms with Gasteiger partial charge in [-0.25, -0.2) is 9.97 Å². The lowest BCUT2D eigenvalue weighted by Gasteiger charge is -2.38. The standard InChI is InChI=1S/C11H17N5O2/c1-11(4-3-5-11)6-13-10-8(16(17)18)9(12-2)14-7-15-10/h7H,3-6H2,1-2H3,(H2,12,13,14,15). The van der Waals surface area contributed by atoms with Crippen LogP contribution in [0.2, 0.25) is 0 Å². The van der Waals surface area contributed by atoms with Gasteiger partial charge in [0.05, 0.1) is 4.92 Å². The molecule has 0 aliphatic heterocycles. The fourth-order valence-electron chi connectivity index (χ4n) is 2.12. The Morgan fingerprint density at radius 1 is 1.44 bits per heavy atom. The Bertz CT molecular complexity index is 459. The maximum atomic E-state index is 11.1. The topological polar surface area (TPSA) is 93.0 Å². The van der Waals surface area contributed by atoms with Crippen molar-refractivity contribution < 1.29 is 4.92 Å². The largest absolute Gasteiger partial charge is 0.367 e. The molecule has 1 heterocycles. The van der Waals surface area contributed by atoms with E-state index in [2.05, 4.69) is 27.5 Å². The highest BCUT2D eigenvalue weighted by molar-refractivity contribution is 5.69. The van der Waals surface area contributed by atoms with Gasteiger partial charge < -0.3 is 10.6 Å². The first kappa shape index (κ1) is 12.5. The van der Waals surface area contributed by atoms with E-state index in [0.717, 1.165) is 12.8 Å². The van der Waals surface area contributed by atoms with E-state index in [4.69, 9.17) is 0 Å². The Labute approximate surface area is 105 Å². The molecule has 0 radical (unpaired) electrons. The molecule has 98 valence electrons. The van der Waals surface area contributed by atoms with Crippen LogP contribution in [0.3, 0.4) is 0 Å². The van der Waals surface area contributed by atoms with E-state index in [1.54, 1.807) is 7.05 Å². The lowest BCUT2D eigenvalue weighted by atomic mass is 9.70. The monoisotopic (exact) mass is 251 g/mol. The Balaban J connectivity index is 2.18. The first-order chi connectivity index (χ1) is 8.56. The average molecular weight is 251 g/mol. The summed E-state index contributed by atoms with van der Waals surface area (Å²) in [5.41, 5.74) is 0.140. The molecule has 1 aromatic rings. The van der Waals surface area contributed by atoms with Gasteiger partial charge in [0.1, 0.15) is 6.33 Å². The van der Waals surface area contributed by atoms with E-state index >= 15 is 0 Å². The summed E-state index contributed by atoms with van der Waals surface area (Å²) >= 11 is 0. The van der Waals surface area contributed by atoms with Crippen LogP contribution >= 0.6 is 0 Å². The van der Waals surface area contributed by atoms with Gasteiger partial charge in [-0.1, -0.05) is 13.3 Å². The molecule has 0 aromatic carbocycles. The molecule has 18 heavy (non-hydrogen) atoms. The predicted octanol–water partition coefficient (Wildman–Crippen LogP) is 2.03. The second-order valence-electron chi connectivity index (χ2n) is 4.94. The number of hydrogen-bond acceptors (Lipinski definition) is 6. The van der Waals surface area contributed by atoms with E-state index in [0.29, 0.717) is 6.54 Å². The minimum atomic E-state index is -0.461. The van der Waals surface area contributed by atoms with Crippen molar-refractivity contribution in [3.8, 4) is 0 Å². The summed E-state index contributed by atoms with van der Waals surface area (Å²) in [4.78, 5) is 18.4. The molecule has 1 aliphatic carbocycles. The Morgan fingerprint density at radius 2 is 2.11 bits per heavy atom. The third kappa shape index (κ3) is 2.34. The molecule has 0 saturated heterocycles. The number of aromatic nitrogens is 2. The summed E-state index contributed by atoms with van der Waals surface area (Å²) in [5, 5.41) is 16.8. The van der Waals surface area contributed by atoms with Crippen molar-refractivity contribution in [1.82, 2.24) is 9.97 Å². The van der Waals surface area contributed by atoms with Crippen molar-refractivity contribution in [2.45, 2.75) is 26.2 Å². The van der Waals surface area contributed by atoms with Gasteiger partial charge in [-0.3, -0.25) is 10.1 Å². The summed E-state index contributed by atoms with van der Waals surface area (Å²) < 4.78 is 0. The van der Waals surface area contributed by atoms with Crippen LogP contribution in [-0.2, 0) is 0 Å². The quantitative estimate of drug-likeness (QED) is 0.614. The van der Waals surface area contributed by atoms with E-state index in [9.17, 15) is 10.1 Å². The first-order valence-electron chi connectivity index (χ1n) is 5.97. The molecular weight excluding hydrogens is 234 g/mol. The normalized spacial score (nSPS) is 16.8. The molecule has 2 rings (SSSR count). The molecular formula is C11H17N5O2. The summed E-state index contributed by atoms with van der Waals surface area (Å²) in [5.74, 6) is 0.517. The lowest BCUT2D eigenvalue weighted by Crippen LogP contribution is -2.33. The van der Waals surface area contributed by atoms with E-state index in [1.807, 2.05) is 0 Å². The van der Waals surface area contributed by atoms with Crippen LogP contribution < -0.4 is 10.6 Å². The van der Waals surface area contributed by atoms with Crippen molar-refractivity contribution in [2.24, 2.45) is 5.41 Å². The molecule has 0 amide bonds. The smallest absolute Gasteiger partial charge is 0.353 e. The summed E-state index contributed by atoms with van der Waals surface area (Å²) in [6, 6.07) is 0. The van der Waals surface area contributed by atoms with Crippen LogP contribution in [0.25, 0.3) is 0 Å². The Hall–Kier alpha value is -1.92. The fraction of sp³-hybridized carbons (Fsp3) is 0.636. The molecule has 0 bridgehead atoms. The van der Waals surface area contributed by atoms with Gasteiger partial charge in [0.15, 0.2) is 0 Å². The Morgan fingerprint density at radius 3 is 2.61 bits per heavy atom. The van der Waals surface area contributed by atoms with Crippen molar-refractivity contribution in [3.05, 3.63) is 16.4 Å². The van der Waals surface area contributed by atoms with Gasteiger partial charge in [-0.15, -0.1) is 0 Å².